The van der Waals surface area contributed by atoms with Crippen LogP contribution in [0.3, 0.4) is 0 Å². The van der Waals surface area contributed by atoms with Crippen molar-refractivity contribution < 1.29 is 4.74 Å². The maximum atomic E-state index is 5.95. The molecule has 3 heteroatoms. The number of fused-ring (bicyclic) bond motifs is 2. The molecule has 0 radical (unpaired) electrons. The summed E-state index contributed by atoms with van der Waals surface area (Å²) >= 11 is 0. The normalized spacial score (nSPS) is 12.8. The van der Waals surface area contributed by atoms with Gasteiger partial charge in [0.2, 0.25) is 0 Å². The lowest BCUT2D eigenvalue weighted by Crippen LogP contribution is -2.09. The van der Waals surface area contributed by atoms with E-state index in [-0.39, 0.29) is 0 Å². The fourth-order valence-electron chi connectivity index (χ4n) is 2.05. The average Bonchev–Trinajstić information content (AvgIpc) is 2.28. The van der Waals surface area contributed by atoms with Crippen molar-refractivity contribution >= 4 is 20.8 Å². The van der Waals surface area contributed by atoms with Crippen molar-refractivity contribution in [2.45, 2.75) is 13.8 Å². The first-order valence-electron chi connectivity index (χ1n) is 5.59. The minimum atomic E-state index is 0.915. The van der Waals surface area contributed by atoms with Crippen molar-refractivity contribution in [1.29, 1.82) is 0 Å². The van der Waals surface area contributed by atoms with Crippen molar-refractivity contribution in [3.05, 3.63) is 47.5 Å². The highest BCUT2D eigenvalue weighted by molar-refractivity contribution is 7.20. The van der Waals surface area contributed by atoms with Crippen molar-refractivity contribution in [2.24, 2.45) is 0 Å². The highest BCUT2D eigenvalue weighted by Gasteiger charge is 2.21. The maximum Gasteiger partial charge on any atom is 0.151 e. The fourth-order valence-corrected chi connectivity index (χ4v) is 2.48. The second-order valence-electron chi connectivity index (χ2n) is 4.41. The zero-order valence-electron chi connectivity index (χ0n) is 9.90. The van der Waals surface area contributed by atoms with E-state index in [0.29, 0.717) is 0 Å². The van der Waals surface area contributed by atoms with Crippen molar-refractivity contribution in [1.82, 2.24) is 0 Å². The van der Waals surface area contributed by atoms with Gasteiger partial charge in [0.25, 0.3) is 0 Å². The highest BCUT2D eigenvalue weighted by atomic mass is 31.0. The number of anilines is 2. The quantitative estimate of drug-likeness (QED) is 0.638. The van der Waals surface area contributed by atoms with E-state index in [1.54, 1.807) is 0 Å². The molecule has 2 aromatic carbocycles. The minimum Gasteiger partial charge on any atom is -0.453 e. The third kappa shape index (κ3) is 1.69. The Balaban J connectivity index is 2.17. The topological polar surface area (TPSA) is 12.5 Å². The molecule has 1 aliphatic rings. The minimum absolute atomic E-state index is 0.915. The molecule has 2 aromatic rings. The van der Waals surface area contributed by atoms with Crippen LogP contribution in [0.5, 0.6) is 11.5 Å². The highest BCUT2D eigenvalue weighted by Crippen LogP contribution is 2.48. The summed E-state index contributed by atoms with van der Waals surface area (Å²) in [6.45, 7) is 4.14. The van der Waals surface area contributed by atoms with E-state index in [4.69, 9.17) is 4.74 Å². The van der Waals surface area contributed by atoms with Crippen LogP contribution in [0.15, 0.2) is 36.4 Å². The predicted octanol–water partition coefficient (Wildman–Crippen LogP) is 4.34. The van der Waals surface area contributed by atoms with Gasteiger partial charge < -0.3 is 9.41 Å². The molecule has 2 nitrogen and oxygen atoms in total. The summed E-state index contributed by atoms with van der Waals surface area (Å²) in [4.78, 5) is 0. The summed E-state index contributed by atoms with van der Waals surface area (Å²) < 4.78 is 8.04. The van der Waals surface area contributed by atoms with Gasteiger partial charge in [-0.3, -0.25) is 0 Å². The number of aryl methyl sites for hydroxylation is 2. The van der Waals surface area contributed by atoms with Crippen LogP contribution in [0, 0.1) is 13.8 Å². The molecular formula is C14H14NOP. The van der Waals surface area contributed by atoms with E-state index < -0.39 is 0 Å². The number of ether oxygens (including phenoxy) is 1. The molecule has 0 aliphatic carbocycles. The van der Waals surface area contributed by atoms with Gasteiger partial charge in [-0.25, -0.2) is 0 Å². The van der Waals surface area contributed by atoms with Crippen molar-refractivity contribution in [3.8, 4) is 11.5 Å². The summed E-state index contributed by atoms with van der Waals surface area (Å²) in [5.41, 5.74) is 4.57. The average molecular weight is 243 g/mol. The van der Waals surface area contributed by atoms with Crippen LogP contribution in [0.1, 0.15) is 11.1 Å². The lowest BCUT2D eigenvalue weighted by atomic mass is 10.1. The van der Waals surface area contributed by atoms with Gasteiger partial charge in [0.05, 0.1) is 11.4 Å². The molecule has 0 fully saturated rings. The molecule has 0 saturated carbocycles. The van der Waals surface area contributed by atoms with Crippen LogP contribution in [0.2, 0.25) is 0 Å². The Morgan fingerprint density at radius 1 is 0.882 bits per heavy atom. The molecule has 17 heavy (non-hydrogen) atoms. The molecule has 0 saturated heterocycles. The van der Waals surface area contributed by atoms with Crippen LogP contribution in [0.25, 0.3) is 0 Å². The molecule has 1 heterocycles. The molecule has 1 unspecified atom stereocenters. The first-order valence-corrected chi connectivity index (χ1v) is 6.11. The number of benzene rings is 2. The molecule has 0 amide bonds. The van der Waals surface area contributed by atoms with Gasteiger partial charge in [-0.15, -0.1) is 0 Å². The van der Waals surface area contributed by atoms with Gasteiger partial charge in [0.15, 0.2) is 11.5 Å². The Kier molecular flexibility index (Phi) is 2.34. The van der Waals surface area contributed by atoms with Crippen LogP contribution in [0.4, 0.5) is 11.4 Å². The summed E-state index contributed by atoms with van der Waals surface area (Å²) in [6, 6.07) is 12.5. The standard InChI is InChI=1S/C14H14NOP/c1-9-3-5-11-13(7-9)16-14-8-10(2)4-6-12(14)15(11)17/h3-8H,17H2,1-2H3. The zero-order chi connectivity index (χ0) is 12.0. The monoisotopic (exact) mass is 243 g/mol. The second kappa shape index (κ2) is 3.75. The molecule has 0 spiro atoms. The number of hydrogen-bond donors (Lipinski definition) is 0. The SMILES string of the molecule is Cc1ccc2c(c1)Oc1cc(C)ccc1N2P. The van der Waals surface area contributed by atoms with Gasteiger partial charge in [0.1, 0.15) is 0 Å². The van der Waals surface area contributed by atoms with Crippen LogP contribution >= 0.6 is 9.39 Å². The molecule has 0 N–H and O–H groups in total. The number of rotatable bonds is 0. The van der Waals surface area contributed by atoms with Crippen molar-refractivity contribution in [3.63, 3.8) is 0 Å². The van der Waals surface area contributed by atoms with Crippen LogP contribution in [-0.4, -0.2) is 0 Å². The third-order valence-electron chi connectivity index (χ3n) is 2.97. The molecule has 1 aliphatic heterocycles. The van der Waals surface area contributed by atoms with E-state index >= 15 is 0 Å². The molecule has 0 aromatic heterocycles. The summed E-state index contributed by atoms with van der Waals surface area (Å²) in [6.07, 6.45) is 0. The number of nitrogens with zero attached hydrogens (tertiary/aromatic N) is 1. The van der Waals surface area contributed by atoms with Crippen molar-refractivity contribution in [2.75, 3.05) is 4.67 Å². The van der Waals surface area contributed by atoms with E-state index in [2.05, 4.69) is 64.3 Å². The smallest absolute Gasteiger partial charge is 0.151 e. The van der Waals surface area contributed by atoms with E-state index in [1.165, 1.54) is 11.1 Å². The Morgan fingerprint density at radius 2 is 1.35 bits per heavy atom. The molecular weight excluding hydrogens is 229 g/mol. The first-order chi connectivity index (χ1) is 8.15. The van der Waals surface area contributed by atoms with E-state index in [0.717, 1.165) is 22.9 Å². The fraction of sp³-hybridized carbons (Fsp3) is 0.143. The summed E-state index contributed by atoms with van der Waals surface area (Å²) in [5, 5.41) is 0. The zero-order valence-corrected chi connectivity index (χ0v) is 11.1. The largest absolute Gasteiger partial charge is 0.453 e. The third-order valence-corrected chi connectivity index (χ3v) is 3.53. The van der Waals surface area contributed by atoms with Crippen LogP contribution < -0.4 is 9.41 Å². The van der Waals surface area contributed by atoms with Gasteiger partial charge in [-0.1, -0.05) is 12.1 Å². The lowest BCUT2D eigenvalue weighted by molar-refractivity contribution is 0.478. The first kappa shape index (κ1) is 10.6. The summed E-state index contributed by atoms with van der Waals surface area (Å²) in [7, 11) is 2.75. The van der Waals surface area contributed by atoms with E-state index in [1.807, 2.05) is 0 Å². The molecule has 1 atom stereocenters. The lowest BCUT2D eigenvalue weighted by Gasteiger charge is -2.29. The van der Waals surface area contributed by atoms with Gasteiger partial charge in [0, 0.05) is 0 Å². The Labute approximate surface area is 103 Å². The van der Waals surface area contributed by atoms with Gasteiger partial charge in [-0.2, -0.15) is 0 Å². The molecule has 86 valence electrons. The maximum absolute atomic E-state index is 5.95. The Morgan fingerprint density at radius 3 is 1.82 bits per heavy atom. The molecule has 0 bridgehead atoms. The molecule has 3 rings (SSSR count). The van der Waals surface area contributed by atoms with Crippen LogP contribution in [-0.2, 0) is 0 Å². The van der Waals surface area contributed by atoms with E-state index in [9.17, 15) is 0 Å². The van der Waals surface area contributed by atoms with Gasteiger partial charge in [-0.05, 0) is 58.6 Å². The number of hydrogen-bond acceptors (Lipinski definition) is 2. The second-order valence-corrected chi connectivity index (χ2v) is 4.93. The Hall–Kier alpha value is -1.53. The van der Waals surface area contributed by atoms with Gasteiger partial charge >= 0.3 is 0 Å². The Bertz CT molecular complexity index is 543. The predicted molar refractivity (Wildman–Crippen MR) is 74.3 cm³/mol. The summed E-state index contributed by atoms with van der Waals surface area (Å²) in [5.74, 6) is 1.83.